The molecule has 184 valence electrons. The minimum atomic E-state index is -3.72. The van der Waals surface area contributed by atoms with E-state index in [-0.39, 0.29) is 16.3 Å². The molecule has 2 aromatic carbocycles. The van der Waals surface area contributed by atoms with Crippen molar-refractivity contribution in [2.75, 3.05) is 39.3 Å². The zero-order valence-electron chi connectivity index (χ0n) is 19.7. The van der Waals surface area contributed by atoms with Crippen LogP contribution in [0.1, 0.15) is 20.3 Å². The largest absolute Gasteiger partial charge is 0.493 e. The van der Waals surface area contributed by atoms with Crippen molar-refractivity contribution in [1.82, 2.24) is 29.1 Å². The van der Waals surface area contributed by atoms with Crippen LogP contribution in [0.4, 0.5) is 0 Å². The number of nitrogens with one attached hydrogen (secondary N) is 2. The van der Waals surface area contributed by atoms with E-state index in [0.29, 0.717) is 60.5 Å². The molecule has 4 aromatic rings. The highest BCUT2D eigenvalue weighted by atomic mass is 32.2. The monoisotopic (exact) mass is 496 g/mol. The summed E-state index contributed by atoms with van der Waals surface area (Å²) in [5.41, 5.74) is 1.99. The van der Waals surface area contributed by atoms with E-state index in [1.165, 1.54) is 4.31 Å². The van der Waals surface area contributed by atoms with Crippen LogP contribution in [0.15, 0.2) is 46.3 Å². The Bertz CT molecular complexity index is 1540. The molecule has 1 fully saturated rings. The maximum Gasteiger partial charge on any atom is 0.259 e. The quantitative estimate of drug-likeness (QED) is 0.403. The van der Waals surface area contributed by atoms with Crippen LogP contribution in [-0.4, -0.2) is 76.9 Å². The third kappa shape index (κ3) is 4.42. The Hall–Kier alpha value is -3.28. The summed E-state index contributed by atoms with van der Waals surface area (Å²) in [7, 11) is -3.72. The van der Waals surface area contributed by atoms with Crippen molar-refractivity contribution in [2.45, 2.75) is 25.2 Å². The molecule has 0 unspecified atom stereocenters. The van der Waals surface area contributed by atoms with Gasteiger partial charge >= 0.3 is 0 Å². The van der Waals surface area contributed by atoms with Gasteiger partial charge in [0.1, 0.15) is 11.6 Å². The van der Waals surface area contributed by atoms with Gasteiger partial charge in [-0.2, -0.15) is 4.31 Å². The fourth-order valence-electron chi connectivity index (χ4n) is 4.32. The minimum absolute atomic E-state index is 0.145. The number of hydrogen-bond acceptors (Lipinski definition) is 7. The minimum Gasteiger partial charge on any atom is -0.493 e. The van der Waals surface area contributed by atoms with Gasteiger partial charge in [-0.3, -0.25) is 4.79 Å². The van der Waals surface area contributed by atoms with Crippen LogP contribution in [-0.2, 0) is 10.0 Å². The Morgan fingerprint density at radius 1 is 1.06 bits per heavy atom. The standard InChI is InChI=1S/C24H28N6O4S/c1-3-11-34-22-6-5-16(35(32,33)30-9-7-29(4-2)8-10-30)12-18(22)23-27-19-14-21-20(25-15-26-21)13-17(19)24(31)28-23/h5-6,12-15H,3-4,7-11H2,1-2H3,(H,25,26)(H,27,28,31). The summed E-state index contributed by atoms with van der Waals surface area (Å²) < 4.78 is 34.3. The van der Waals surface area contributed by atoms with Crippen LogP contribution in [0.3, 0.4) is 0 Å². The van der Waals surface area contributed by atoms with Crippen LogP contribution in [0.5, 0.6) is 5.75 Å². The van der Waals surface area contributed by atoms with Gasteiger partial charge in [0.05, 0.1) is 45.3 Å². The van der Waals surface area contributed by atoms with Crippen molar-refractivity contribution in [1.29, 1.82) is 0 Å². The summed E-state index contributed by atoms with van der Waals surface area (Å²) >= 11 is 0. The summed E-state index contributed by atoms with van der Waals surface area (Å²) in [4.78, 5) is 30.0. The van der Waals surface area contributed by atoms with Crippen LogP contribution in [0.25, 0.3) is 33.3 Å². The molecule has 5 rings (SSSR count). The second-order valence-electron chi connectivity index (χ2n) is 8.55. The molecule has 2 aromatic heterocycles. The Kier molecular flexibility index (Phi) is 6.30. The molecule has 0 atom stereocenters. The topological polar surface area (TPSA) is 124 Å². The molecule has 2 N–H and O–H groups in total. The van der Waals surface area contributed by atoms with E-state index in [1.807, 2.05) is 6.92 Å². The Morgan fingerprint density at radius 3 is 2.60 bits per heavy atom. The Balaban J connectivity index is 1.60. The Morgan fingerprint density at radius 2 is 1.86 bits per heavy atom. The van der Waals surface area contributed by atoms with Gasteiger partial charge in [0.25, 0.3) is 5.56 Å². The van der Waals surface area contributed by atoms with E-state index in [0.717, 1.165) is 18.5 Å². The number of rotatable bonds is 7. The number of piperazine rings is 1. The fraction of sp³-hybridized carbons (Fsp3) is 0.375. The lowest BCUT2D eigenvalue weighted by atomic mass is 10.1. The van der Waals surface area contributed by atoms with Crippen molar-refractivity contribution >= 4 is 32.0 Å². The van der Waals surface area contributed by atoms with E-state index >= 15 is 0 Å². The molecule has 35 heavy (non-hydrogen) atoms. The fourth-order valence-corrected chi connectivity index (χ4v) is 5.77. The molecule has 10 nitrogen and oxygen atoms in total. The summed E-state index contributed by atoms with van der Waals surface area (Å²) in [6.07, 6.45) is 2.34. The zero-order valence-corrected chi connectivity index (χ0v) is 20.6. The van der Waals surface area contributed by atoms with Crippen LogP contribution in [0, 0.1) is 0 Å². The van der Waals surface area contributed by atoms with Gasteiger partial charge < -0.3 is 19.6 Å². The van der Waals surface area contributed by atoms with Gasteiger partial charge in [-0.1, -0.05) is 13.8 Å². The predicted molar refractivity (Wildman–Crippen MR) is 134 cm³/mol. The lowest BCUT2D eigenvalue weighted by molar-refractivity contribution is 0.196. The second kappa shape index (κ2) is 9.40. The smallest absolute Gasteiger partial charge is 0.259 e. The Labute approximate surface area is 203 Å². The molecule has 1 aliphatic heterocycles. The first-order valence-electron chi connectivity index (χ1n) is 11.8. The first-order chi connectivity index (χ1) is 16.9. The van der Waals surface area contributed by atoms with Crippen LogP contribution < -0.4 is 10.3 Å². The normalized spacial score (nSPS) is 15.7. The van der Waals surface area contributed by atoms with E-state index in [4.69, 9.17) is 4.74 Å². The number of imidazole rings is 1. The van der Waals surface area contributed by atoms with Crippen molar-refractivity contribution in [3.63, 3.8) is 0 Å². The highest BCUT2D eigenvalue weighted by Crippen LogP contribution is 2.32. The number of ether oxygens (including phenoxy) is 1. The van der Waals surface area contributed by atoms with Crippen molar-refractivity contribution in [2.24, 2.45) is 0 Å². The lowest BCUT2D eigenvalue weighted by Gasteiger charge is -2.33. The molecule has 0 saturated carbocycles. The third-order valence-corrected chi connectivity index (χ3v) is 8.23. The average molecular weight is 497 g/mol. The number of nitrogens with zero attached hydrogens (tertiary/aromatic N) is 4. The van der Waals surface area contributed by atoms with E-state index in [9.17, 15) is 13.2 Å². The maximum atomic E-state index is 13.4. The van der Waals surface area contributed by atoms with Crippen molar-refractivity contribution < 1.29 is 13.2 Å². The number of hydrogen-bond donors (Lipinski definition) is 2. The molecule has 11 heteroatoms. The molecule has 1 saturated heterocycles. The van der Waals surface area contributed by atoms with Gasteiger partial charge in [-0.15, -0.1) is 0 Å². The molecule has 0 radical (unpaired) electrons. The van der Waals surface area contributed by atoms with E-state index in [1.54, 1.807) is 36.7 Å². The maximum absolute atomic E-state index is 13.4. The number of sulfonamides is 1. The van der Waals surface area contributed by atoms with Gasteiger partial charge in [0, 0.05) is 26.2 Å². The first kappa shape index (κ1) is 23.5. The summed E-state index contributed by atoms with van der Waals surface area (Å²) in [5, 5.41) is 0.416. The number of aromatic amines is 2. The third-order valence-electron chi connectivity index (χ3n) is 6.33. The molecule has 0 bridgehead atoms. The zero-order chi connectivity index (χ0) is 24.6. The molecule has 3 heterocycles. The molecule has 0 spiro atoms. The first-order valence-corrected chi connectivity index (χ1v) is 13.2. The highest BCUT2D eigenvalue weighted by molar-refractivity contribution is 7.89. The molecule has 0 amide bonds. The number of benzene rings is 2. The van der Waals surface area contributed by atoms with Gasteiger partial charge in [-0.25, -0.2) is 18.4 Å². The van der Waals surface area contributed by atoms with Crippen molar-refractivity contribution in [3.05, 3.63) is 47.0 Å². The average Bonchev–Trinajstić information content (AvgIpc) is 3.33. The van der Waals surface area contributed by atoms with Crippen LogP contribution in [0.2, 0.25) is 0 Å². The van der Waals surface area contributed by atoms with Gasteiger partial charge in [-0.05, 0) is 43.3 Å². The number of aromatic nitrogens is 4. The number of H-pyrrole nitrogens is 2. The summed E-state index contributed by atoms with van der Waals surface area (Å²) in [6, 6.07) is 8.19. The molecule has 0 aliphatic carbocycles. The molecular weight excluding hydrogens is 468 g/mol. The number of fused-ring (bicyclic) bond motifs is 2. The van der Waals surface area contributed by atoms with Crippen LogP contribution >= 0.6 is 0 Å². The SMILES string of the molecule is CCCOc1ccc(S(=O)(=O)N2CCN(CC)CC2)cc1-c1nc2cc3nc[nH]c3cc2c(=O)[nH]1. The number of likely N-dealkylation sites (N-methyl/N-ethyl adjacent to an activating group) is 1. The molecular formula is C24H28N6O4S. The lowest BCUT2D eigenvalue weighted by Crippen LogP contribution is -2.48. The predicted octanol–water partition coefficient (Wildman–Crippen LogP) is 2.58. The summed E-state index contributed by atoms with van der Waals surface area (Å²) in [6.45, 7) is 7.66. The highest BCUT2D eigenvalue weighted by Gasteiger charge is 2.29. The van der Waals surface area contributed by atoms with E-state index < -0.39 is 10.0 Å². The van der Waals surface area contributed by atoms with E-state index in [2.05, 4.69) is 31.8 Å². The van der Waals surface area contributed by atoms with Gasteiger partial charge in [0.15, 0.2) is 0 Å². The second-order valence-corrected chi connectivity index (χ2v) is 10.5. The van der Waals surface area contributed by atoms with Crippen molar-refractivity contribution in [3.8, 4) is 17.1 Å². The summed E-state index contributed by atoms with van der Waals surface area (Å²) in [5.74, 6) is 0.710. The molecule has 1 aliphatic rings. The van der Waals surface area contributed by atoms with Gasteiger partial charge in [0.2, 0.25) is 10.0 Å².